The van der Waals surface area contributed by atoms with Crippen LogP contribution < -0.4 is 0 Å². The molecule has 0 aliphatic carbocycles. The van der Waals surface area contributed by atoms with Crippen molar-refractivity contribution in [3.63, 3.8) is 0 Å². The van der Waals surface area contributed by atoms with Gasteiger partial charge in [-0.15, -0.1) is 0 Å². The Morgan fingerprint density at radius 3 is 2.50 bits per heavy atom. The normalized spacial score (nSPS) is 6.67. The number of hydrogen-bond acceptors (Lipinski definition) is 1. The third-order valence-corrected chi connectivity index (χ3v) is 0.406. The average Bonchev–Trinajstić information content (AvgIpc) is 1.76. The fourth-order valence-corrected chi connectivity index (χ4v) is 0.215. The van der Waals surface area contributed by atoms with E-state index in [4.69, 9.17) is 0 Å². The number of aromatic nitrogens is 2. The van der Waals surface area contributed by atoms with E-state index < -0.39 is 0 Å². The first-order chi connectivity index (χ1) is 2.50. The van der Waals surface area contributed by atoms with Crippen LogP contribution >= 0.6 is 0 Å². The van der Waals surface area contributed by atoms with Gasteiger partial charge in [0.25, 0.3) is 0 Å². The van der Waals surface area contributed by atoms with Crippen LogP contribution in [0.3, 0.4) is 0 Å². The van der Waals surface area contributed by atoms with Crippen LogP contribution in [0.1, 0.15) is 0 Å². The third-order valence-electron chi connectivity index (χ3n) is 0.406. The summed E-state index contributed by atoms with van der Waals surface area (Å²) in [7, 11) is 0. The summed E-state index contributed by atoms with van der Waals surface area (Å²) in [6.45, 7) is 0. The summed E-state index contributed by atoms with van der Waals surface area (Å²) in [6.07, 6.45) is 5.08. The molecule has 1 heterocycles. The van der Waals surface area contributed by atoms with Crippen molar-refractivity contribution in [2.24, 2.45) is 0 Å². The first-order valence-electron chi connectivity index (χ1n) is 1.43. The Morgan fingerprint density at radius 1 is 1.50 bits per heavy atom. The van der Waals surface area contributed by atoms with Gasteiger partial charge < -0.3 is 4.98 Å². The molecule has 0 fully saturated rings. The minimum atomic E-state index is 0. The molecular formula is C3H4N2Os. The van der Waals surface area contributed by atoms with Gasteiger partial charge in [0.15, 0.2) is 0 Å². The number of hydrogen-bond donors (Lipinski definition) is 1. The Balaban J connectivity index is 0.000000250. The molecule has 0 amide bonds. The summed E-state index contributed by atoms with van der Waals surface area (Å²) in [5.74, 6) is 0. The second kappa shape index (κ2) is 3.05. The Hall–Kier alpha value is -0.154. The number of H-pyrrole nitrogens is 1. The molecule has 0 aliphatic rings. The molecule has 1 rings (SSSR count). The maximum absolute atomic E-state index is 3.67. The van der Waals surface area contributed by atoms with E-state index in [0.29, 0.717) is 0 Å². The molecule has 6 heavy (non-hydrogen) atoms. The van der Waals surface area contributed by atoms with Crippen molar-refractivity contribution < 1.29 is 19.8 Å². The Morgan fingerprint density at radius 2 is 2.33 bits per heavy atom. The molecular weight excluding hydrogens is 254 g/mol. The van der Waals surface area contributed by atoms with Gasteiger partial charge in [0.2, 0.25) is 0 Å². The van der Waals surface area contributed by atoms with Gasteiger partial charge in [-0.3, -0.25) is 0 Å². The molecule has 0 aromatic carbocycles. The van der Waals surface area contributed by atoms with Crippen LogP contribution in [0.2, 0.25) is 0 Å². The number of nitrogens with zero attached hydrogens (tertiary/aromatic N) is 1. The molecule has 0 radical (unpaired) electrons. The largest absolute Gasteiger partial charge is 0.351 e. The van der Waals surface area contributed by atoms with Gasteiger partial charge in [-0.1, -0.05) is 0 Å². The molecule has 2 nitrogen and oxygen atoms in total. The van der Waals surface area contributed by atoms with Crippen LogP contribution in [0.15, 0.2) is 18.7 Å². The van der Waals surface area contributed by atoms with Gasteiger partial charge in [0.05, 0.1) is 6.33 Å². The predicted molar refractivity (Wildman–Crippen MR) is 18.6 cm³/mol. The summed E-state index contributed by atoms with van der Waals surface area (Å²) in [6, 6.07) is 0. The fourth-order valence-electron chi connectivity index (χ4n) is 0.215. The van der Waals surface area contributed by atoms with Gasteiger partial charge in [-0.05, 0) is 0 Å². The Bertz CT molecular complexity index is 65.3. The van der Waals surface area contributed by atoms with Crippen molar-refractivity contribution in [1.82, 2.24) is 9.97 Å². The van der Waals surface area contributed by atoms with Crippen LogP contribution in [-0.4, -0.2) is 9.97 Å². The molecule has 0 unspecified atom stereocenters. The average molecular weight is 258 g/mol. The van der Waals surface area contributed by atoms with E-state index in [2.05, 4.69) is 9.97 Å². The molecule has 1 N–H and O–H groups in total. The van der Waals surface area contributed by atoms with Crippen LogP contribution in [0.4, 0.5) is 0 Å². The van der Waals surface area contributed by atoms with Gasteiger partial charge in [0, 0.05) is 32.2 Å². The molecule has 0 aliphatic heterocycles. The standard InChI is InChI=1S/C3H4N2.Os/c1-2-5-3-4-1;/h1-3H,(H,4,5);. The quantitative estimate of drug-likeness (QED) is 0.717. The summed E-state index contributed by atoms with van der Waals surface area (Å²) >= 11 is 0. The molecule has 0 atom stereocenters. The van der Waals surface area contributed by atoms with Crippen molar-refractivity contribution in [2.45, 2.75) is 0 Å². The van der Waals surface area contributed by atoms with E-state index in [0.717, 1.165) is 0 Å². The Labute approximate surface area is 49.0 Å². The second-order valence-corrected chi connectivity index (χ2v) is 0.761. The minimum absolute atomic E-state index is 0. The fraction of sp³-hybridized carbons (Fsp3) is 0. The molecule has 0 saturated carbocycles. The summed E-state index contributed by atoms with van der Waals surface area (Å²) in [4.78, 5) is 6.42. The van der Waals surface area contributed by atoms with Crippen LogP contribution in [0.25, 0.3) is 0 Å². The van der Waals surface area contributed by atoms with E-state index in [9.17, 15) is 0 Å². The number of rotatable bonds is 0. The van der Waals surface area contributed by atoms with Crippen molar-refractivity contribution in [3.8, 4) is 0 Å². The first kappa shape index (κ1) is 5.85. The van der Waals surface area contributed by atoms with Crippen molar-refractivity contribution in [3.05, 3.63) is 18.7 Å². The predicted octanol–water partition coefficient (Wildman–Crippen LogP) is 0.407. The van der Waals surface area contributed by atoms with E-state index in [-0.39, 0.29) is 19.8 Å². The van der Waals surface area contributed by atoms with E-state index in [1.54, 1.807) is 18.7 Å². The van der Waals surface area contributed by atoms with Crippen LogP contribution in [-0.2, 0) is 19.8 Å². The van der Waals surface area contributed by atoms with Crippen LogP contribution in [0.5, 0.6) is 0 Å². The molecule has 1 aromatic rings. The van der Waals surface area contributed by atoms with E-state index >= 15 is 0 Å². The van der Waals surface area contributed by atoms with Gasteiger partial charge in [-0.25, -0.2) is 4.98 Å². The summed E-state index contributed by atoms with van der Waals surface area (Å²) in [5, 5.41) is 0. The maximum Gasteiger partial charge on any atom is 0.0919 e. The van der Waals surface area contributed by atoms with Gasteiger partial charge in [0.1, 0.15) is 0 Å². The first-order valence-corrected chi connectivity index (χ1v) is 1.43. The van der Waals surface area contributed by atoms with Crippen LogP contribution in [0, 0.1) is 0 Å². The molecule has 0 spiro atoms. The molecule has 1 aromatic heterocycles. The number of nitrogens with one attached hydrogen (secondary N) is 1. The van der Waals surface area contributed by atoms with E-state index in [1.807, 2.05) is 0 Å². The minimum Gasteiger partial charge on any atom is -0.351 e. The third kappa shape index (κ3) is 1.33. The monoisotopic (exact) mass is 260 g/mol. The smallest absolute Gasteiger partial charge is 0.0919 e. The SMILES string of the molecule is [Os].c1c[nH]cn1. The number of aromatic amines is 1. The van der Waals surface area contributed by atoms with Crippen molar-refractivity contribution in [1.29, 1.82) is 0 Å². The topological polar surface area (TPSA) is 28.7 Å². The molecule has 0 bridgehead atoms. The molecule has 0 saturated heterocycles. The second-order valence-electron chi connectivity index (χ2n) is 0.761. The molecule has 34 valence electrons. The number of imidazole rings is 1. The summed E-state index contributed by atoms with van der Waals surface area (Å²) < 4.78 is 0. The van der Waals surface area contributed by atoms with Crippen molar-refractivity contribution >= 4 is 0 Å². The zero-order valence-electron chi connectivity index (χ0n) is 3.03. The summed E-state index contributed by atoms with van der Waals surface area (Å²) in [5.41, 5.74) is 0. The van der Waals surface area contributed by atoms with Gasteiger partial charge in [-0.2, -0.15) is 0 Å². The zero-order valence-corrected chi connectivity index (χ0v) is 5.57. The van der Waals surface area contributed by atoms with E-state index in [1.165, 1.54) is 0 Å². The Kier molecular flexibility index (Phi) is 2.97. The van der Waals surface area contributed by atoms with Gasteiger partial charge >= 0.3 is 0 Å². The maximum atomic E-state index is 3.67. The zero-order chi connectivity index (χ0) is 3.54. The molecule has 3 heteroatoms. The van der Waals surface area contributed by atoms with Crippen molar-refractivity contribution in [2.75, 3.05) is 0 Å².